The molecule has 4 unspecified atom stereocenters. The Balaban J connectivity index is -0.000000245. The van der Waals surface area contributed by atoms with Crippen molar-refractivity contribution in [3.8, 4) is 0 Å². The third-order valence-corrected chi connectivity index (χ3v) is 5.61. The van der Waals surface area contributed by atoms with Crippen molar-refractivity contribution in [1.29, 1.82) is 0 Å². The smallest absolute Gasteiger partial charge is 0.358 e. The number of hydrogen-bond donors (Lipinski definition) is 0. The van der Waals surface area contributed by atoms with Crippen LogP contribution < -0.4 is 0 Å². The maximum atomic E-state index is 2.42. The first-order valence-electron chi connectivity index (χ1n) is 6.93. The fraction of sp³-hybridized carbons (Fsp3) is 0.875. The van der Waals surface area contributed by atoms with Gasteiger partial charge < -0.3 is 14.9 Å². The molecular weight excluding hydrogens is 279 g/mol. The molecule has 0 heterocycles. The summed E-state index contributed by atoms with van der Waals surface area (Å²) in [5.74, 6) is 2.07. The minimum atomic E-state index is 0. The van der Waals surface area contributed by atoms with Gasteiger partial charge in [0.15, 0.2) is 0 Å². The van der Waals surface area contributed by atoms with Crippen LogP contribution >= 0.6 is 8.58 Å². The van der Waals surface area contributed by atoms with Gasteiger partial charge in [0.25, 0.3) is 0 Å². The molecule has 0 spiro atoms. The molecule has 2 aliphatic carbocycles. The molecule has 0 amide bonds. The first kappa shape index (κ1) is 24.0. The molecule has 4 atom stereocenters. The molecule has 2 rings (SSSR count). The van der Waals surface area contributed by atoms with Crippen LogP contribution in [-0.4, -0.2) is 12.3 Å². The van der Waals surface area contributed by atoms with Gasteiger partial charge in [0.1, 0.15) is 0 Å². The van der Waals surface area contributed by atoms with Crippen LogP contribution in [0.3, 0.4) is 0 Å². The predicted octanol–water partition coefficient (Wildman–Crippen LogP) is 5.97. The summed E-state index contributed by atoms with van der Waals surface area (Å²) in [5, 5.41) is 0. The standard InChI is InChI=1S/C9H19P.C5H10.2CH3.Fe/c1-7-5-4-6-9(7)8(2)10-3;1-2-4-5-3-1;;;/h7-10H,4-6H2,1-3H3;1-5H2;2*1H3;/q;;2*-1;+2. The summed E-state index contributed by atoms with van der Waals surface area (Å²) in [4.78, 5) is 0. The van der Waals surface area contributed by atoms with Crippen molar-refractivity contribution in [3.63, 3.8) is 0 Å². The quantitative estimate of drug-likeness (QED) is 0.335. The molecule has 0 aromatic carbocycles. The Labute approximate surface area is 130 Å². The molecule has 0 aromatic rings. The summed E-state index contributed by atoms with van der Waals surface area (Å²) in [7, 11) is 1.15. The Morgan fingerprint density at radius 3 is 1.61 bits per heavy atom. The summed E-state index contributed by atoms with van der Waals surface area (Å²) < 4.78 is 0. The zero-order valence-corrected chi connectivity index (χ0v) is 15.3. The Kier molecular flexibility index (Phi) is 19.1. The van der Waals surface area contributed by atoms with Gasteiger partial charge in [0.2, 0.25) is 0 Å². The van der Waals surface area contributed by atoms with Crippen molar-refractivity contribution >= 4 is 8.58 Å². The maximum Gasteiger partial charge on any atom is 2.00 e. The number of hydrogen-bond acceptors (Lipinski definition) is 0. The normalized spacial score (nSPS) is 27.5. The molecule has 112 valence electrons. The molecular formula is C16H35FeP. The zero-order chi connectivity index (χ0) is 11.1. The summed E-state index contributed by atoms with van der Waals surface area (Å²) in [5.41, 5.74) is 0.998. The summed E-state index contributed by atoms with van der Waals surface area (Å²) in [6.45, 7) is 7.19. The Hall–Kier alpha value is 0.949. The minimum absolute atomic E-state index is 0. The van der Waals surface area contributed by atoms with Crippen LogP contribution in [0.4, 0.5) is 0 Å². The fourth-order valence-electron chi connectivity index (χ4n) is 3.01. The molecule has 2 saturated carbocycles. The van der Waals surface area contributed by atoms with Gasteiger partial charge >= 0.3 is 17.1 Å². The third kappa shape index (κ3) is 8.95. The molecule has 0 bridgehead atoms. The van der Waals surface area contributed by atoms with E-state index in [0.717, 1.165) is 26.1 Å². The van der Waals surface area contributed by atoms with E-state index in [1.165, 1.54) is 51.4 Å². The molecule has 0 aromatic heterocycles. The summed E-state index contributed by atoms with van der Waals surface area (Å²) >= 11 is 0. The van der Waals surface area contributed by atoms with Crippen LogP contribution in [0.2, 0.25) is 0 Å². The summed E-state index contributed by atoms with van der Waals surface area (Å²) in [6, 6.07) is 0. The largest absolute Gasteiger partial charge is 2.00 e. The van der Waals surface area contributed by atoms with Crippen LogP contribution in [0.1, 0.15) is 65.2 Å². The van der Waals surface area contributed by atoms with E-state index in [1.54, 1.807) is 0 Å². The average Bonchev–Trinajstić information content (AvgIpc) is 2.89. The van der Waals surface area contributed by atoms with Crippen LogP contribution in [-0.2, 0) is 17.1 Å². The van der Waals surface area contributed by atoms with Gasteiger partial charge in [-0.3, -0.25) is 0 Å². The molecule has 0 N–H and O–H groups in total. The SMILES string of the molecule is C1CCCC1.CPC(C)C1CCCC1C.[CH3-].[CH3-].[Fe+2]. The van der Waals surface area contributed by atoms with Crippen LogP contribution in [0.5, 0.6) is 0 Å². The van der Waals surface area contributed by atoms with Gasteiger partial charge in [0, 0.05) is 0 Å². The molecule has 2 heteroatoms. The fourth-order valence-corrected chi connectivity index (χ4v) is 3.94. The van der Waals surface area contributed by atoms with Crippen molar-refractivity contribution in [2.24, 2.45) is 11.8 Å². The van der Waals surface area contributed by atoms with E-state index in [9.17, 15) is 0 Å². The van der Waals surface area contributed by atoms with Gasteiger partial charge in [-0.05, 0) is 30.6 Å². The second kappa shape index (κ2) is 14.4. The molecule has 0 nitrogen and oxygen atoms in total. The minimum Gasteiger partial charge on any atom is -0.358 e. The van der Waals surface area contributed by atoms with E-state index in [1.807, 2.05) is 0 Å². The Bertz CT molecular complexity index is 150. The first-order valence-corrected chi connectivity index (χ1v) is 8.50. The topological polar surface area (TPSA) is 0 Å². The first-order chi connectivity index (χ1) is 7.25. The average molecular weight is 314 g/mol. The van der Waals surface area contributed by atoms with Gasteiger partial charge in [-0.2, -0.15) is 0 Å². The van der Waals surface area contributed by atoms with Crippen molar-refractivity contribution < 1.29 is 17.1 Å². The second-order valence-corrected chi connectivity index (χ2v) is 6.91. The van der Waals surface area contributed by atoms with Gasteiger partial charge in [-0.1, -0.05) is 58.8 Å². The van der Waals surface area contributed by atoms with Gasteiger partial charge in [-0.25, -0.2) is 0 Å². The molecule has 2 fully saturated rings. The molecule has 2 aliphatic rings. The van der Waals surface area contributed by atoms with E-state index in [4.69, 9.17) is 0 Å². The monoisotopic (exact) mass is 314 g/mol. The predicted molar refractivity (Wildman–Crippen MR) is 86.1 cm³/mol. The van der Waals surface area contributed by atoms with Crippen molar-refractivity contribution in [1.82, 2.24) is 0 Å². The van der Waals surface area contributed by atoms with E-state index in [2.05, 4.69) is 20.5 Å². The van der Waals surface area contributed by atoms with E-state index >= 15 is 0 Å². The van der Waals surface area contributed by atoms with Gasteiger partial charge in [-0.15, -0.1) is 8.58 Å². The second-order valence-electron chi connectivity index (χ2n) is 5.42. The molecule has 18 heavy (non-hydrogen) atoms. The zero-order valence-electron chi connectivity index (χ0n) is 13.2. The van der Waals surface area contributed by atoms with Crippen molar-refractivity contribution in [2.45, 2.75) is 70.9 Å². The van der Waals surface area contributed by atoms with E-state index in [0.29, 0.717) is 0 Å². The molecule has 0 saturated heterocycles. The Morgan fingerprint density at radius 2 is 1.33 bits per heavy atom. The molecule has 0 aliphatic heterocycles. The molecule has 0 radical (unpaired) electrons. The maximum absolute atomic E-state index is 2.42. The van der Waals surface area contributed by atoms with Gasteiger partial charge in [0.05, 0.1) is 0 Å². The van der Waals surface area contributed by atoms with E-state index < -0.39 is 0 Å². The van der Waals surface area contributed by atoms with Crippen LogP contribution in [0, 0.1) is 26.7 Å². The van der Waals surface area contributed by atoms with Crippen LogP contribution in [0.15, 0.2) is 0 Å². The summed E-state index contributed by atoms with van der Waals surface area (Å²) in [6.07, 6.45) is 12.0. The van der Waals surface area contributed by atoms with Crippen molar-refractivity contribution in [3.05, 3.63) is 14.9 Å². The van der Waals surface area contributed by atoms with E-state index in [-0.39, 0.29) is 31.9 Å². The van der Waals surface area contributed by atoms with Crippen molar-refractivity contribution in [2.75, 3.05) is 6.66 Å². The Morgan fingerprint density at radius 1 is 0.889 bits per heavy atom. The van der Waals surface area contributed by atoms with Crippen LogP contribution in [0.25, 0.3) is 0 Å². The number of rotatable bonds is 2. The third-order valence-electron chi connectivity index (χ3n) is 4.28.